The van der Waals surface area contributed by atoms with Gasteiger partial charge in [-0.2, -0.15) is 0 Å². The fourth-order valence-electron chi connectivity index (χ4n) is 3.27. The molecule has 1 aliphatic rings. The first-order valence-corrected chi connectivity index (χ1v) is 10.0. The zero-order valence-corrected chi connectivity index (χ0v) is 15.8. The molecule has 27 heavy (non-hydrogen) atoms. The van der Waals surface area contributed by atoms with E-state index < -0.39 is 0 Å². The molecule has 0 saturated carbocycles. The Balaban J connectivity index is 1.44. The Bertz CT molecular complexity index is 970. The van der Waals surface area contributed by atoms with Crippen LogP contribution in [0.4, 0.5) is 5.69 Å². The van der Waals surface area contributed by atoms with E-state index >= 15 is 0 Å². The molecule has 2 heterocycles. The molecule has 2 aromatic carbocycles. The Labute approximate surface area is 162 Å². The number of anilines is 1. The summed E-state index contributed by atoms with van der Waals surface area (Å²) >= 11 is 1.55. The monoisotopic (exact) mass is 378 g/mol. The van der Waals surface area contributed by atoms with Gasteiger partial charge in [0.05, 0.1) is 11.3 Å². The summed E-state index contributed by atoms with van der Waals surface area (Å²) in [5.41, 5.74) is 10.6. The SMILES string of the molecule is Nc1ccc(CSc2nc3c(c(=O)[nH]2)CN(Cc2ccccc2)CC3)cc1. The third kappa shape index (κ3) is 4.40. The van der Waals surface area contributed by atoms with E-state index in [0.717, 1.165) is 47.8 Å². The number of hydrogen-bond acceptors (Lipinski definition) is 5. The zero-order valence-electron chi connectivity index (χ0n) is 15.0. The first kappa shape index (κ1) is 17.8. The fraction of sp³-hybridized carbons (Fsp3) is 0.238. The van der Waals surface area contributed by atoms with Gasteiger partial charge in [0, 0.05) is 37.5 Å². The second kappa shape index (κ2) is 7.98. The largest absolute Gasteiger partial charge is 0.399 e. The molecule has 0 amide bonds. The van der Waals surface area contributed by atoms with E-state index in [2.05, 4.69) is 22.0 Å². The number of nitrogen functional groups attached to an aromatic ring is 1. The van der Waals surface area contributed by atoms with Crippen LogP contribution in [0.15, 0.2) is 64.5 Å². The number of H-pyrrole nitrogens is 1. The molecule has 4 rings (SSSR count). The van der Waals surface area contributed by atoms with Gasteiger partial charge in [-0.1, -0.05) is 54.2 Å². The number of fused-ring (bicyclic) bond motifs is 1. The first-order chi connectivity index (χ1) is 13.2. The van der Waals surface area contributed by atoms with E-state index in [4.69, 9.17) is 10.7 Å². The third-order valence-electron chi connectivity index (χ3n) is 4.73. The average Bonchev–Trinajstić information content (AvgIpc) is 2.69. The Morgan fingerprint density at radius 2 is 1.85 bits per heavy atom. The first-order valence-electron chi connectivity index (χ1n) is 9.03. The number of rotatable bonds is 5. The predicted octanol–water partition coefficient (Wildman–Crippen LogP) is 3.20. The maximum Gasteiger partial charge on any atom is 0.256 e. The molecular formula is C21H22N4OS. The molecule has 5 nitrogen and oxygen atoms in total. The number of aromatic nitrogens is 2. The van der Waals surface area contributed by atoms with Crippen LogP contribution in [-0.4, -0.2) is 21.4 Å². The lowest BCUT2D eigenvalue weighted by atomic mass is 10.1. The van der Waals surface area contributed by atoms with Crippen molar-refractivity contribution in [1.82, 2.24) is 14.9 Å². The van der Waals surface area contributed by atoms with Crippen LogP contribution in [-0.2, 0) is 25.3 Å². The van der Waals surface area contributed by atoms with Crippen molar-refractivity contribution in [3.05, 3.63) is 87.3 Å². The second-order valence-corrected chi connectivity index (χ2v) is 7.74. The van der Waals surface area contributed by atoms with Gasteiger partial charge >= 0.3 is 0 Å². The average molecular weight is 379 g/mol. The molecule has 3 aromatic rings. The van der Waals surface area contributed by atoms with E-state index in [9.17, 15) is 4.79 Å². The molecule has 0 unspecified atom stereocenters. The van der Waals surface area contributed by atoms with Crippen molar-refractivity contribution >= 4 is 17.4 Å². The van der Waals surface area contributed by atoms with Crippen LogP contribution in [0.25, 0.3) is 0 Å². The minimum absolute atomic E-state index is 0.0161. The Kier molecular flexibility index (Phi) is 5.27. The van der Waals surface area contributed by atoms with E-state index in [1.807, 2.05) is 42.5 Å². The molecule has 0 fully saturated rings. The van der Waals surface area contributed by atoms with Gasteiger partial charge in [-0.15, -0.1) is 0 Å². The summed E-state index contributed by atoms with van der Waals surface area (Å²) < 4.78 is 0. The van der Waals surface area contributed by atoms with Gasteiger partial charge in [0.15, 0.2) is 5.16 Å². The summed E-state index contributed by atoms with van der Waals surface area (Å²) in [6.07, 6.45) is 0.807. The molecule has 0 spiro atoms. The standard InChI is InChI=1S/C21H22N4OS/c22-17-8-6-16(7-9-17)14-27-21-23-19-10-11-25(13-18(19)20(26)24-21)12-15-4-2-1-3-5-15/h1-9H,10-14,22H2,(H,23,24,26). The van der Waals surface area contributed by atoms with Crippen molar-refractivity contribution in [2.45, 2.75) is 30.4 Å². The molecule has 0 saturated heterocycles. The smallest absolute Gasteiger partial charge is 0.256 e. The lowest BCUT2D eigenvalue weighted by Crippen LogP contribution is -2.35. The van der Waals surface area contributed by atoms with Crippen LogP contribution >= 0.6 is 11.8 Å². The summed E-state index contributed by atoms with van der Waals surface area (Å²) in [4.78, 5) is 22.5. The summed E-state index contributed by atoms with van der Waals surface area (Å²) in [6, 6.07) is 18.1. The van der Waals surface area contributed by atoms with Crippen LogP contribution in [0.3, 0.4) is 0 Å². The van der Waals surface area contributed by atoms with E-state index in [1.165, 1.54) is 5.56 Å². The Morgan fingerprint density at radius 1 is 1.07 bits per heavy atom. The van der Waals surface area contributed by atoms with E-state index in [-0.39, 0.29) is 5.56 Å². The summed E-state index contributed by atoms with van der Waals surface area (Å²) in [5, 5.41) is 0.687. The molecule has 0 aliphatic carbocycles. The minimum atomic E-state index is -0.0161. The highest BCUT2D eigenvalue weighted by Crippen LogP contribution is 2.22. The van der Waals surface area contributed by atoms with Crippen LogP contribution in [0, 0.1) is 0 Å². The lowest BCUT2D eigenvalue weighted by Gasteiger charge is -2.27. The zero-order chi connectivity index (χ0) is 18.6. The predicted molar refractivity (Wildman–Crippen MR) is 110 cm³/mol. The van der Waals surface area contributed by atoms with Crippen molar-refractivity contribution in [3.8, 4) is 0 Å². The third-order valence-corrected chi connectivity index (χ3v) is 5.67. The van der Waals surface area contributed by atoms with Crippen molar-refractivity contribution < 1.29 is 0 Å². The fourth-order valence-corrected chi connectivity index (χ4v) is 4.10. The molecular weight excluding hydrogens is 356 g/mol. The van der Waals surface area contributed by atoms with Crippen molar-refractivity contribution in [2.24, 2.45) is 0 Å². The quantitative estimate of drug-likeness (QED) is 0.405. The van der Waals surface area contributed by atoms with E-state index in [0.29, 0.717) is 11.7 Å². The van der Waals surface area contributed by atoms with Crippen molar-refractivity contribution in [2.75, 3.05) is 12.3 Å². The topological polar surface area (TPSA) is 75.0 Å². The van der Waals surface area contributed by atoms with Crippen LogP contribution in [0.1, 0.15) is 22.4 Å². The van der Waals surface area contributed by atoms with Crippen LogP contribution in [0.2, 0.25) is 0 Å². The molecule has 0 atom stereocenters. The van der Waals surface area contributed by atoms with Gasteiger partial charge < -0.3 is 10.7 Å². The van der Waals surface area contributed by atoms with Gasteiger partial charge in [0.2, 0.25) is 0 Å². The maximum absolute atomic E-state index is 12.6. The van der Waals surface area contributed by atoms with Crippen LogP contribution < -0.4 is 11.3 Å². The Hall–Kier alpha value is -2.57. The molecule has 0 bridgehead atoms. The number of aromatic amines is 1. The number of nitrogens with one attached hydrogen (secondary N) is 1. The molecule has 1 aromatic heterocycles. The Morgan fingerprint density at radius 3 is 2.63 bits per heavy atom. The van der Waals surface area contributed by atoms with Gasteiger partial charge in [0.25, 0.3) is 5.56 Å². The minimum Gasteiger partial charge on any atom is -0.399 e. The van der Waals surface area contributed by atoms with Gasteiger partial charge in [0.1, 0.15) is 0 Å². The van der Waals surface area contributed by atoms with Gasteiger partial charge in [-0.25, -0.2) is 4.98 Å². The number of nitrogens with two attached hydrogens (primary N) is 1. The van der Waals surface area contributed by atoms with Gasteiger partial charge in [-0.3, -0.25) is 9.69 Å². The number of hydrogen-bond donors (Lipinski definition) is 2. The van der Waals surface area contributed by atoms with Gasteiger partial charge in [-0.05, 0) is 23.3 Å². The highest BCUT2D eigenvalue weighted by molar-refractivity contribution is 7.98. The molecule has 6 heteroatoms. The number of benzene rings is 2. The number of thioether (sulfide) groups is 1. The van der Waals surface area contributed by atoms with Crippen LogP contribution in [0.5, 0.6) is 0 Å². The lowest BCUT2D eigenvalue weighted by molar-refractivity contribution is 0.241. The summed E-state index contributed by atoms with van der Waals surface area (Å²) in [6.45, 7) is 2.42. The number of nitrogens with zero attached hydrogens (tertiary/aromatic N) is 2. The van der Waals surface area contributed by atoms with Crippen molar-refractivity contribution in [1.29, 1.82) is 0 Å². The highest BCUT2D eigenvalue weighted by atomic mass is 32.2. The van der Waals surface area contributed by atoms with E-state index in [1.54, 1.807) is 11.8 Å². The molecule has 1 aliphatic heterocycles. The molecule has 3 N–H and O–H groups in total. The van der Waals surface area contributed by atoms with Crippen molar-refractivity contribution in [3.63, 3.8) is 0 Å². The molecule has 138 valence electrons. The summed E-state index contributed by atoms with van der Waals surface area (Å²) in [5.74, 6) is 0.752. The molecule has 0 radical (unpaired) electrons. The second-order valence-electron chi connectivity index (χ2n) is 6.77. The normalized spacial score (nSPS) is 14.1. The summed E-state index contributed by atoms with van der Waals surface area (Å²) in [7, 11) is 0. The highest BCUT2D eigenvalue weighted by Gasteiger charge is 2.21. The maximum atomic E-state index is 12.6.